The van der Waals surface area contributed by atoms with E-state index in [0.717, 1.165) is 35.7 Å². The first-order chi connectivity index (χ1) is 15.0. The number of aromatic nitrogens is 2. The van der Waals surface area contributed by atoms with Crippen LogP contribution in [0.2, 0.25) is 0 Å². The molecule has 7 heteroatoms. The molecule has 31 heavy (non-hydrogen) atoms. The highest BCUT2D eigenvalue weighted by Crippen LogP contribution is 2.47. The first kappa shape index (κ1) is 19.4. The maximum atomic E-state index is 14.4. The third-order valence-electron chi connectivity index (χ3n) is 6.33. The van der Waals surface area contributed by atoms with Crippen molar-refractivity contribution in [3.8, 4) is 17.3 Å². The first-order valence-corrected chi connectivity index (χ1v) is 10.3. The molecule has 0 spiro atoms. The molecule has 2 bridgehead atoms. The molecule has 2 aromatic carbocycles. The Balaban J connectivity index is 1.67. The van der Waals surface area contributed by atoms with Gasteiger partial charge in [0, 0.05) is 47.8 Å². The number of hydrogen-bond acceptors (Lipinski definition) is 3. The fourth-order valence-corrected chi connectivity index (χ4v) is 5.03. The maximum absolute atomic E-state index is 14.4. The molecule has 5 nitrogen and oxygen atoms in total. The molecule has 2 aliphatic heterocycles. The monoisotopic (exact) mass is 418 g/mol. The Bertz CT molecular complexity index is 1240. The Labute approximate surface area is 178 Å². The van der Waals surface area contributed by atoms with Crippen LogP contribution < -0.4 is 0 Å². The second-order valence-electron chi connectivity index (χ2n) is 8.17. The summed E-state index contributed by atoms with van der Waals surface area (Å²) in [5.74, 6) is -1.19. The summed E-state index contributed by atoms with van der Waals surface area (Å²) in [6.45, 7) is 1.76. The lowest BCUT2D eigenvalue weighted by Gasteiger charge is -2.34. The van der Waals surface area contributed by atoms with Gasteiger partial charge in [-0.3, -0.25) is 9.48 Å². The van der Waals surface area contributed by atoms with Gasteiger partial charge in [0.25, 0.3) is 0 Å². The molecular weight excluding hydrogens is 398 g/mol. The predicted octanol–water partition coefficient (Wildman–Crippen LogP) is 4.36. The molecule has 0 aliphatic carbocycles. The molecule has 1 aromatic heterocycles. The van der Waals surface area contributed by atoms with Crippen LogP contribution in [-0.2, 0) is 17.8 Å². The molecule has 3 heterocycles. The average Bonchev–Trinajstić information content (AvgIpc) is 3.27. The van der Waals surface area contributed by atoms with Crippen LogP contribution in [0.4, 0.5) is 8.78 Å². The summed E-state index contributed by atoms with van der Waals surface area (Å²) in [5, 5.41) is 14.1. The molecule has 3 aromatic rings. The van der Waals surface area contributed by atoms with E-state index in [-0.39, 0.29) is 24.5 Å². The van der Waals surface area contributed by atoms with Crippen molar-refractivity contribution < 1.29 is 13.6 Å². The van der Waals surface area contributed by atoms with Crippen LogP contribution in [0.1, 0.15) is 48.2 Å². The number of hydrogen-bond donors (Lipinski definition) is 0. The van der Waals surface area contributed by atoms with Gasteiger partial charge in [-0.05, 0) is 31.0 Å². The topological polar surface area (TPSA) is 61.9 Å². The zero-order chi connectivity index (χ0) is 21.7. The largest absolute Gasteiger partial charge is 0.332 e. The first-order valence-electron chi connectivity index (χ1n) is 10.3. The van der Waals surface area contributed by atoms with Crippen molar-refractivity contribution in [2.45, 2.75) is 44.8 Å². The van der Waals surface area contributed by atoms with Crippen LogP contribution in [-0.4, -0.2) is 26.6 Å². The van der Waals surface area contributed by atoms with Crippen molar-refractivity contribution in [2.75, 3.05) is 0 Å². The average molecular weight is 418 g/mol. The van der Waals surface area contributed by atoms with Gasteiger partial charge < -0.3 is 4.90 Å². The van der Waals surface area contributed by atoms with Gasteiger partial charge in [-0.25, -0.2) is 8.78 Å². The summed E-state index contributed by atoms with van der Waals surface area (Å²) >= 11 is 0. The number of nitriles is 1. The van der Waals surface area contributed by atoms with E-state index in [1.807, 2.05) is 17.0 Å². The third kappa shape index (κ3) is 3.19. The molecule has 1 saturated heterocycles. The van der Waals surface area contributed by atoms with Gasteiger partial charge in [0.1, 0.15) is 11.6 Å². The van der Waals surface area contributed by atoms with E-state index >= 15 is 0 Å². The quantitative estimate of drug-likeness (QED) is 0.635. The molecule has 0 radical (unpaired) electrons. The van der Waals surface area contributed by atoms with E-state index in [1.54, 1.807) is 23.7 Å². The van der Waals surface area contributed by atoms with E-state index in [0.29, 0.717) is 23.2 Å². The van der Waals surface area contributed by atoms with Crippen LogP contribution in [0.5, 0.6) is 0 Å². The minimum Gasteiger partial charge on any atom is -0.332 e. The van der Waals surface area contributed by atoms with Crippen molar-refractivity contribution in [1.29, 1.82) is 5.26 Å². The molecule has 156 valence electrons. The number of benzene rings is 2. The highest BCUT2D eigenvalue weighted by molar-refractivity contribution is 5.77. The number of fused-ring (bicyclic) bond motifs is 4. The summed E-state index contributed by atoms with van der Waals surface area (Å²) in [7, 11) is 0. The predicted molar refractivity (Wildman–Crippen MR) is 110 cm³/mol. The summed E-state index contributed by atoms with van der Waals surface area (Å²) in [6, 6.07) is 12.9. The van der Waals surface area contributed by atoms with Crippen molar-refractivity contribution in [1.82, 2.24) is 14.7 Å². The Kier molecular flexibility index (Phi) is 4.58. The SMILES string of the molecule is CC(=O)N1C2CCC1c1c(-c3cccc(C#N)c3)nn(Cc3ccc(F)cc3F)c1C2. The van der Waals surface area contributed by atoms with Crippen LogP contribution in [0.25, 0.3) is 11.3 Å². The van der Waals surface area contributed by atoms with Crippen LogP contribution in [0, 0.1) is 23.0 Å². The van der Waals surface area contributed by atoms with E-state index in [4.69, 9.17) is 5.10 Å². The minimum atomic E-state index is -0.618. The molecular formula is C24H20F2N4O. The van der Waals surface area contributed by atoms with E-state index in [9.17, 15) is 18.8 Å². The number of carbonyl (C=O) groups excluding carboxylic acids is 1. The van der Waals surface area contributed by atoms with Gasteiger partial charge in [0.15, 0.2) is 0 Å². The van der Waals surface area contributed by atoms with Gasteiger partial charge in [-0.2, -0.15) is 10.4 Å². The fourth-order valence-electron chi connectivity index (χ4n) is 5.03. The van der Waals surface area contributed by atoms with Crippen LogP contribution in [0.3, 0.4) is 0 Å². The standard InChI is InChI=1S/C24H20F2N4O/c1-14(31)30-19-7-8-21(30)23-22(11-19)29(13-17-5-6-18(25)10-20(17)26)28-24(23)16-4-2-3-15(9-16)12-27/h2-6,9-10,19,21H,7-8,11,13H2,1H3. The van der Waals surface area contributed by atoms with Gasteiger partial charge in [-0.15, -0.1) is 0 Å². The second kappa shape index (κ2) is 7.31. The third-order valence-corrected chi connectivity index (χ3v) is 6.33. The lowest BCUT2D eigenvalue weighted by atomic mass is 9.94. The van der Waals surface area contributed by atoms with Crippen molar-refractivity contribution >= 4 is 5.91 Å². The second-order valence-corrected chi connectivity index (χ2v) is 8.17. The number of carbonyl (C=O) groups is 1. The van der Waals surface area contributed by atoms with Crippen LogP contribution in [0.15, 0.2) is 42.5 Å². The molecule has 2 aliphatic rings. The molecule has 0 saturated carbocycles. The van der Waals surface area contributed by atoms with E-state index in [1.165, 1.54) is 12.1 Å². The lowest BCUT2D eigenvalue weighted by Crippen LogP contribution is -2.41. The van der Waals surface area contributed by atoms with Gasteiger partial charge in [0.05, 0.1) is 29.9 Å². The smallest absolute Gasteiger partial charge is 0.220 e. The normalized spacial score (nSPS) is 19.2. The minimum absolute atomic E-state index is 0.0344. The number of nitrogens with zero attached hydrogens (tertiary/aromatic N) is 4. The highest BCUT2D eigenvalue weighted by Gasteiger charge is 2.45. The summed E-state index contributed by atoms with van der Waals surface area (Å²) < 4.78 is 29.5. The van der Waals surface area contributed by atoms with Crippen LogP contribution >= 0.6 is 0 Å². The van der Waals surface area contributed by atoms with E-state index in [2.05, 4.69) is 6.07 Å². The number of rotatable bonds is 3. The zero-order valence-electron chi connectivity index (χ0n) is 17.0. The molecule has 2 unspecified atom stereocenters. The van der Waals surface area contributed by atoms with Crippen molar-refractivity contribution in [3.63, 3.8) is 0 Å². The number of amides is 1. The van der Waals surface area contributed by atoms with Gasteiger partial charge in [0.2, 0.25) is 5.91 Å². The Hall–Kier alpha value is -3.53. The van der Waals surface area contributed by atoms with Gasteiger partial charge >= 0.3 is 0 Å². The number of halogens is 2. The zero-order valence-corrected chi connectivity index (χ0v) is 17.0. The summed E-state index contributed by atoms with van der Waals surface area (Å²) in [4.78, 5) is 14.3. The molecule has 5 rings (SSSR count). The lowest BCUT2D eigenvalue weighted by molar-refractivity contribution is -0.132. The fraction of sp³-hybridized carbons (Fsp3) is 0.292. The highest BCUT2D eigenvalue weighted by atomic mass is 19.1. The Morgan fingerprint density at radius 3 is 2.81 bits per heavy atom. The Morgan fingerprint density at radius 1 is 1.23 bits per heavy atom. The molecule has 2 atom stereocenters. The maximum Gasteiger partial charge on any atom is 0.220 e. The molecule has 0 N–H and O–H groups in total. The van der Waals surface area contributed by atoms with Crippen molar-refractivity contribution in [3.05, 3.63) is 76.5 Å². The molecule has 1 fully saturated rings. The summed E-state index contributed by atoms with van der Waals surface area (Å²) in [6.07, 6.45) is 2.39. The van der Waals surface area contributed by atoms with Crippen molar-refractivity contribution in [2.24, 2.45) is 0 Å². The Morgan fingerprint density at radius 2 is 2.06 bits per heavy atom. The van der Waals surface area contributed by atoms with E-state index < -0.39 is 11.6 Å². The molecule has 1 amide bonds. The summed E-state index contributed by atoms with van der Waals surface area (Å²) in [5.41, 5.74) is 4.33. The van der Waals surface area contributed by atoms with Gasteiger partial charge in [-0.1, -0.05) is 18.2 Å².